The van der Waals surface area contributed by atoms with E-state index in [0.29, 0.717) is 5.69 Å². The molecule has 2 amide bonds. The van der Waals surface area contributed by atoms with Crippen molar-refractivity contribution in [2.75, 3.05) is 11.9 Å². The number of fused-ring (bicyclic) bond motifs is 1. The largest absolute Gasteiger partial charge is 0.394 e. The second-order valence-corrected chi connectivity index (χ2v) is 5.55. The molecule has 3 rings (SSSR count). The summed E-state index contributed by atoms with van der Waals surface area (Å²) < 4.78 is 0. The fraction of sp³-hybridized carbons (Fsp3) is 0.222. The lowest BCUT2D eigenvalue weighted by Gasteiger charge is -2.26. The van der Waals surface area contributed by atoms with Crippen LogP contribution in [0.25, 0.3) is 0 Å². The van der Waals surface area contributed by atoms with E-state index in [-0.39, 0.29) is 24.8 Å². The Hall–Kier alpha value is -2.66. The molecule has 1 aliphatic heterocycles. The van der Waals surface area contributed by atoms with Gasteiger partial charge in [-0.3, -0.25) is 9.59 Å². The lowest BCUT2D eigenvalue weighted by Crippen LogP contribution is -2.38. The number of rotatable bonds is 4. The number of amides is 2. The molecular weight excluding hydrogens is 292 g/mol. The maximum absolute atomic E-state index is 12.6. The van der Waals surface area contributed by atoms with Gasteiger partial charge in [0.2, 0.25) is 11.8 Å². The third-order valence-corrected chi connectivity index (χ3v) is 4.02. The highest BCUT2D eigenvalue weighted by Gasteiger charge is 2.31. The predicted octanol–water partition coefficient (Wildman–Crippen LogP) is 1.96. The van der Waals surface area contributed by atoms with Crippen molar-refractivity contribution < 1.29 is 14.7 Å². The molecule has 2 aromatic rings. The Morgan fingerprint density at radius 1 is 1.17 bits per heavy atom. The van der Waals surface area contributed by atoms with E-state index in [4.69, 9.17) is 0 Å². The van der Waals surface area contributed by atoms with Crippen LogP contribution in [0.15, 0.2) is 54.6 Å². The third kappa shape index (κ3) is 3.24. The zero-order valence-corrected chi connectivity index (χ0v) is 12.5. The smallest absolute Gasteiger partial charge is 0.228 e. The Morgan fingerprint density at radius 3 is 2.61 bits per heavy atom. The lowest BCUT2D eigenvalue weighted by molar-refractivity contribution is -0.127. The Kier molecular flexibility index (Phi) is 4.39. The summed E-state index contributed by atoms with van der Waals surface area (Å²) in [6.07, 6.45) is 0.107. The molecule has 0 saturated carbocycles. The van der Waals surface area contributed by atoms with Crippen LogP contribution in [0.4, 0.5) is 5.69 Å². The van der Waals surface area contributed by atoms with Gasteiger partial charge in [-0.25, -0.2) is 0 Å². The zero-order valence-electron chi connectivity index (χ0n) is 12.5. The van der Waals surface area contributed by atoms with Gasteiger partial charge in [-0.15, -0.1) is 0 Å². The van der Waals surface area contributed by atoms with E-state index < -0.39 is 12.0 Å². The van der Waals surface area contributed by atoms with E-state index >= 15 is 0 Å². The maximum atomic E-state index is 12.6. The first-order valence-electron chi connectivity index (χ1n) is 7.54. The topological polar surface area (TPSA) is 78.4 Å². The molecule has 0 radical (unpaired) electrons. The van der Waals surface area contributed by atoms with Crippen molar-refractivity contribution in [1.82, 2.24) is 5.32 Å². The first-order valence-corrected chi connectivity index (χ1v) is 7.54. The van der Waals surface area contributed by atoms with E-state index in [0.717, 1.165) is 11.1 Å². The molecule has 1 unspecified atom stereocenters. The molecule has 0 saturated heterocycles. The molecule has 0 aromatic heterocycles. The molecule has 1 aliphatic rings. The number of aliphatic hydroxyl groups excluding tert-OH is 1. The summed E-state index contributed by atoms with van der Waals surface area (Å²) in [5.41, 5.74) is 2.30. The summed E-state index contributed by atoms with van der Waals surface area (Å²) in [7, 11) is 0. The second-order valence-electron chi connectivity index (χ2n) is 5.55. The number of anilines is 1. The normalized spacial score (nSPS) is 17.8. The Balaban J connectivity index is 1.82. The van der Waals surface area contributed by atoms with Gasteiger partial charge in [-0.1, -0.05) is 48.5 Å². The van der Waals surface area contributed by atoms with Crippen LogP contribution in [-0.2, 0) is 9.59 Å². The number of hydrogen-bond donors (Lipinski definition) is 3. The van der Waals surface area contributed by atoms with Crippen molar-refractivity contribution in [1.29, 1.82) is 0 Å². The summed E-state index contributed by atoms with van der Waals surface area (Å²) in [5, 5.41) is 15.2. The number of carbonyl (C=O) groups excluding carboxylic acids is 2. The fourth-order valence-corrected chi connectivity index (χ4v) is 2.84. The van der Waals surface area contributed by atoms with Crippen LogP contribution in [0.3, 0.4) is 0 Å². The van der Waals surface area contributed by atoms with Crippen molar-refractivity contribution >= 4 is 17.5 Å². The van der Waals surface area contributed by atoms with Gasteiger partial charge >= 0.3 is 0 Å². The molecule has 2 aromatic carbocycles. The Bertz CT molecular complexity index is 715. The van der Waals surface area contributed by atoms with Crippen LogP contribution in [0.2, 0.25) is 0 Å². The Morgan fingerprint density at radius 2 is 1.87 bits per heavy atom. The average molecular weight is 310 g/mol. The van der Waals surface area contributed by atoms with Crippen molar-refractivity contribution in [2.45, 2.75) is 18.4 Å². The van der Waals surface area contributed by atoms with Crippen LogP contribution >= 0.6 is 0 Å². The van der Waals surface area contributed by atoms with Crippen molar-refractivity contribution in [3.05, 3.63) is 65.7 Å². The van der Waals surface area contributed by atoms with Gasteiger partial charge in [0.1, 0.15) is 0 Å². The van der Waals surface area contributed by atoms with Gasteiger partial charge in [0.25, 0.3) is 0 Å². The zero-order chi connectivity index (χ0) is 16.2. The summed E-state index contributed by atoms with van der Waals surface area (Å²) in [5.74, 6) is -0.975. The second kappa shape index (κ2) is 6.62. The van der Waals surface area contributed by atoms with Crippen molar-refractivity contribution in [2.24, 2.45) is 0 Å². The highest BCUT2D eigenvalue weighted by Crippen LogP contribution is 2.32. The minimum Gasteiger partial charge on any atom is -0.394 e. The quantitative estimate of drug-likeness (QED) is 0.808. The first-order chi connectivity index (χ1) is 11.2. The predicted molar refractivity (Wildman–Crippen MR) is 86.8 cm³/mol. The molecule has 3 N–H and O–H groups in total. The highest BCUT2D eigenvalue weighted by atomic mass is 16.3. The Labute approximate surface area is 134 Å². The van der Waals surface area contributed by atoms with Crippen LogP contribution in [0.1, 0.15) is 29.5 Å². The summed E-state index contributed by atoms with van der Waals surface area (Å²) >= 11 is 0. The summed E-state index contributed by atoms with van der Waals surface area (Å²) in [6, 6.07) is 16.1. The molecule has 23 heavy (non-hydrogen) atoms. The summed E-state index contributed by atoms with van der Waals surface area (Å²) in [6.45, 7) is -0.198. The summed E-state index contributed by atoms with van der Waals surface area (Å²) in [4.78, 5) is 24.5. The van der Waals surface area contributed by atoms with E-state index in [1.807, 2.05) is 48.5 Å². The number of para-hydroxylation sites is 1. The van der Waals surface area contributed by atoms with Crippen molar-refractivity contribution in [3.8, 4) is 0 Å². The number of nitrogens with one attached hydrogen (secondary N) is 2. The lowest BCUT2D eigenvalue weighted by atomic mass is 9.89. The molecule has 1 heterocycles. The number of carbonyl (C=O) groups is 2. The highest BCUT2D eigenvalue weighted by molar-refractivity contribution is 6.01. The molecule has 5 heteroatoms. The van der Waals surface area contributed by atoms with Gasteiger partial charge in [0.15, 0.2) is 0 Å². The van der Waals surface area contributed by atoms with Crippen LogP contribution in [0, 0.1) is 0 Å². The van der Waals surface area contributed by atoms with Crippen LogP contribution < -0.4 is 10.6 Å². The fourth-order valence-electron chi connectivity index (χ4n) is 2.84. The third-order valence-electron chi connectivity index (χ3n) is 4.02. The molecule has 0 spiro atoms. The molecule has 5 nitrogen and oxygen atoms in total. The first kappa shape index (κ1) is 15.2. The number of benzene rings is 2. The van der Waals surface area contributed by atoms with E-state index in [2.05, 4.69) is 10.6 Å². The van der Waals surface area contributed by atoms with E-state index in [1.165, 1.54) is 0 Å². The van der Waals surface area contributed by atoms with Gasteiger partial charge < -0.3 is 15.7 Å². The standard InChI is InChI=1S/C18H18N2O3/c21-11-16(12-6-2-1-3-7-12)20-18(23)14-10-17(22)19-15-9-5-4-8-13(14)15/h1-9,14,16,21H,10-11H2,(H,19,22)(H,20,23)/t14?,16-/m1/s1. The molecule has 0 fully saturated rings. The molecule has 118 valence electrons. The van der Waals surface area contributed by atoms with E-state index in [1.54, 1.807) is 6.07 Å². The molecule has 2 atom stereocenters. The molecule has 0 aliphatic carbocycles. The van der Waals surface area contributed by atoms with Crippen molar-refractivity contribution in [3.63, 3.8) is 0 Å². The molecular formula is C18H18N2O3. The maximum Gasteiger partial charge on any atom is 0.228 e. The average Bonchev–Trinajstić information content (AvgIpc) is 2.59. The minimum absolute atomic E-state index is 0.107. The van der Waals surface area contributed by atoms with Gasteiger partial charge in [-0.2, -0.15) is 0 Å². The van der Waals surface area contributed by atoms with Crippen LogP contribution in [0.5, 0.6) is 0 Å². The minimum atomic E-state index is -0.544. The monoisotopic (exact) mass is 310 g/mol. The molecule has 0 bridgehead atoms. The van der Waals surface area contributed by atoms with Gasteiger partial charge in [0.05, 0.1) is 18.6 Å². The van der Waals surface area contributed by atoms with Gasteiger partial charge in [0, 0.05) is 12.1 Å². The van der Waals surface area contributed by atoms with Crippen LogP contribution in [-0.4, -0.2) is 23.5 Å². The van der Waals surface area contributed by atoms with Gasteiger partial charge in [-0.05, 0) is 17.2 Å². The van der Waals surface area contributed by atoms with E-state index in [9.17, 15) is 14.7 Å². The SMILES string of the molecule is O=C1CC(C(=O)N[C@H](CO)c2ccccc2)c2ccccc2N1. The number of aliphatic hydroxyl groups is 1. The number of hydrogen-bond acceptors (Lipinski definition) is 3.